The van der Waals surface area contributed by atoms with Crippen molar-refractivity contribution in [2.24, 2.45) is 0 Å². The summed E-state index contributed by atoms with van der Waals surface area (Å²) >= 11 is 0. The van der Waals surface area contributed by atoms with Gasteiger partial charge >= 0.3 is 0 Å². The predicted octanol–water partition coefficient (Wildman–Crippen LogP) is 2.41. The Labute approximate surface area is 139 Å². The quantitative estimate of drug-likeness (QED) is 0.732. The molecule has 1 aromatic heterocycles. The molecule has 0 saturated carbocycles. The smallest absolute Gasteiger partial charge is 0.239 e. The van der Waals surface area contributed by atoms with Gasteiger partial charge in [-0.05, 0) is 28.5 Å². The van der Waals surface area contributed by atoms with Gasteiger partial charge in [0.05, 0.1) is 25.8 Å². The number of fused-ring (bicyclic) bond motifs is 1. The molecule has 122 valence electrons. The molecule has 0 unspecified atom stereocenters. The molecule has 1 heterocycles. The molecule has 0 spiro atoms. The molecular formula is C19H18N2O3. The fraction of sp³-hybridized carbons (Fsp3) is 0.158. The first-order chi connectivity index (χ1) is 11.7. The Hall–Kier alpha value is -3.08. The third kappa shape index (κ3) is 4.01. The molecule has 3 aromatic rings. The zero-order valence-corrected chi connectivity index (χ0v) is 13.1. The Morgan fingerprint density at radius 3 is 2.54 bits per heavy atom. The van der Waals surface area contributed by atoms with Gasteiger partial charge in [0.2, 0.25) is 11.8 Å². The first kappa shape index (κ1) is 15.8. The molecular weight excluding hydrogens is 304 g/mol. The predicted molar refractivity (Wildman–Crippen MR) is 91.2 cm³/mol. The van der Waals surface area contributed by atoms with E-state index >= 15 is 0 Å². The van der Waals surface area contributed by atoms with Gasteiger partial charge in [-0.3, -0.25) is 9.59 Å². The van der Waals surface area contributed by atoms with Crippen molar-refractivity contribution in [3.63, 3.8) is 0 Å². The lowest BCUT2D eigenvalue weighted by molar-refractivity contribution is -0.125. The van der Waals surface area contributed by atoms with Crippen LogP contribution in [0.5, 0.6) is 0 Å². The van der Waals surface area contributed by atoms with E-state index in [0.29, 0.717) is 12.3 Å². The number of benzene rings is 2. The molecule has 0 aliphatic heterocycles. The van der Waals surface area contributed by atoms with Crippen molar-refractivity contribution < 1.29 is 14.0 Å². The summed E-state index contributed by atoms with van der Waals surface area (Å²) in [4.78, 5) is 23.8. The third-order valence-electron chi connectivity index (χ3n) is 3.72. The van der Waals surface area contributed by atoms with E-state index in [1.807, 2.05) is 42.5 Å². The van der Waals surface area contributed by atoms with Gasteiger partial charge in [0, 0.05) is 0 Å². The number of carbonyl (C=O) groups is 2. The van der Waals surface area contributed by atoms with Crippen LogP contribution in [-0.4, -0.2) is 18.4 Å². The van der Waals surface area contributed by atoms with Crippen LogP contribution in [0.3, 0.4) is 0 Å². The SMILES string of the molecule is O=C(CNC(=O)Cc1cccc2ccccc12)NCc1ccco1. The summed E-state index contributed by atoms with van der Waals surface area (Å²) in [5.41, 5.74) is 0.946. The molecule has 0 aliphatic rings. The van der Waals surface area contributed by atoms with Gasteiger partial charge in [-0.1, -0.05) is 42.5 Å². The van der Waals surface area contributed by atoms with Crippen LogP contribution in [0.15, 0.2) is 65.3 Å². The summed E-state index contributed by atoms with van der Waals surface area (Å²) in [7, 11) is 0. The molecule has 5 nitrogen and oxygen atoms in total. The normalized spacial score (nSPS) is 10.5. The number of amides is 2. The fourth-order valence-electron chi connectivity index (χ4n) is 2.52. The van der Waals surface area contributed by atoms with E-state index in [-0.39, 0.29) is 24.8 Å². The summed E-state index contributed by atoms with van der Waals surface area (Å²) in [5, 5.41) is 7.48. The van der Waals surface area contributed by atoms with Crippen LogP contribution in [0.2, 0.25) is 0 Å². The first-order valence-electron chi connectivity index (χ1n) is 7.75. The van der Waals surface area contributed by atoms with Crippen molar-refractivity contribution in [1.29, 1.82) is 0 Å². The standard InChI is InChI=1S/C19H18N2O3/c22-18(21-13-19(23)20-12-16-8-4-10-24-16)11-15-7-3-6-14-5-1-2-9-17(14)15/h1-10H,11-13H2,(H,20,23)(H,21,22). The molecule has 2 N–H and O–H groups in total. The van der Waals surface area contributed by atoms with Gasteiger partial charge in [0.15, 0.2) is 0 Å². The van der Waals surface area contributed by atoms with E-state index in [1.165, 1.54) is 0 Å². The van der Waals surface area contributed by atoms with Crippen LogP contribution in [0, 0.1) is 0 Å². The summed E-state index contributed by atoms with van der Waals surface area (Å²) in [5.74, 6) is 0.239. The Morgan fingerprint density at radius 2 is 1.71 bits per heavy atom. The van der Waals surface area contributed by atoms with Crippen LogP contribution in [0.1, 0.15) is 11.3 Å². The number of carbonyl (C=O) groups excluding carboxylic acids is 2. The average molecular weight is 322 g/mol. The lowest BCUT2D eigenvalue weighted by atomic mass is 10.0. The highest BCUT2D eigenvalue weighted by Crippen LogP contribution is 2.18. The lowest BCUT2D eigenvalue weighted by Gasteiger charge is -2.08. The minimum atomic E-state index is -0.252. The van der Waals surface area contributed by atoms with Crippen molar-refractivity contribution in [2.75, 3.05) is 6.54 Å². The topological polar surface area (TPSA) is 71.3 Å². The first-order valence-corrected chi connectivity index (χ1v) is 7.75. The van der Waals surface area contributed by atoms with E-state index in [4.69, 9.17) is 4.42 Å². The minimum Gasteiger partial charge on any atom is -0.467 e. The zero-order chi connectivity index (χ0) is 16.8. The number of furan rings is 1. The molecule has 0 atom stereocenters. The maximum atomic E-state index is 12.1. The highest BCUT2D eigenvalue weighted by atomic mass is 16.3. The van der Waals surface area contributed by atoms with Crippen LogP contribution >= 0.6 is 0 Å². The maximum absolute atomic E-state index is 12.1. The van der Waals surface area contributed by atoms with Crippen LogP contribution in [0.25, 0.3) is 10.8 Å². The number of rotatable bonds is 6. The molecule has 3 rings (SSSR count). The number of hydrogen-bond acceptors (Lipinski definition) is 3. The van der Waals surface area contributed by atoms with Crippen molar-refractivity contribution in [3.8, 4) is 0 Å². The van der Waals surface area contributed by atoms with Gasteiger partial charge in [-0.25, -0.2) is 0 Å². The molecule has 5 heteroatoms. The van der Waals surface area contributed by atoms with Crippen molar-refractivity contribution in [1.82, 2.24) is 10.6 Å². The lowest BCUT2D eigenvalue weighted by Crippen LogP contribution is -2.37. The van der Waals surface area contributed by atoms with Crippen molar-refractivity contribution >= 4 is 22.6 Å². The Morgan fingerprint density at radius 1 is 0.875 bits per heavy atom. The van der Waals surface area contributed by atoms with Gasteiger partial charge in [-0.15, -0.1) is 0 Å². The van der Waals surface area contributed by atoms with Crippen LogP contribution in [0.4, 0.5) is 0 Å². The minimum absolute atomic E-state index is 0.0513. The van der Waals surface area contributed by atoms with E-state index in [1.54, 1.807) is 18.4 Å². The van der Waals surface area contributed by atoms with Crippen LogP contribution < -0.4 is 10.6 Å². The van der Waals surface area contributed by atoms with Gasteiger partial charge in [0.1, 0.15) is 5.76 Å². The average Bonchev–Trinajstić information content (AvgIpc) is 3.12. The Balaban J connectivity index is 1.51. The van der Waals surface area contributed by atoms with Gasteiger partial charge in [-0.2, -0.15) is 0 Å². The van der Waals surface area contributed by atoms with Gasteiger partial charge < -0.3 is 15.1 Å². The van der Waals surface area contributed by atoms with E-state index in [0.717, 1.165) is 16.3 Å². The second-order valence-electron chi connectivity index (χ2n) is 5.45. The third-order valence-corrected chi connectivity index (χ3v) is 3.72. The van der Waals surface area contributed by atoms with Gasteiger partial charge in [0.25, 0.3) is 0 Å². The molecule has 2 amide bonds. The van der Waals surface area contributed by atoms with Crippen molar-refractivity contribution in [3.05, 3.63) is 72.2 Å². The molecule has 0 bridgehead atoms. The molecule has 0 radical (unpaired) electrons. The monoisotopic (exact) mass is 322 g/mol. The molecule has 0 aliphatic carbocycles. The van der Waals surface area contributed by atoms with Crippen LogP contribution in [-0.2, 0) is 22.6 Å². The second-order valence-corrected chi connectivity index (χ2v) is 5.45. The maximum Gasteiger partial charge on any atom is 0.239 e. The summed E-state index contributed by atoms with van der Waals surface area (Å²) in [6, 6.07) is 17.3. The van der Waals surface area contributed by atoms with Crippen molar-refractivity contribution in [2.45, 2.75) is 13.0 Å². The molecule has 2 aromatic carbocycles. The molecule has 0 saturated heterocycles. The highest BCUT2D eigenvalue weighted by molar-refractivity contribution is 5.91. The van der Waals surface area contributed by atoms with E-state index < -0.39 is 0 Å². The second kappa shape index (κ2) is 7.46. The fourth-order valence-corrected chi connectivity index (χ4v) is 2.52. The largest absolute Gasteiger partial charge is 0.467 e. The molecule has 24 heavy (non-hydrogen) atoms. The summed E-state index contributed by atoms with van der Waals surface area (Å²) < 4.78 is 5.13. The Bertz CT molecular complexity index is 835. The number of hydrogen-bond donors (Lipinski definition) is 2. The zero-order valence-electron chi connectivity index (χ0n) is 13.1. The number of nitrogens with one attached hydrogen (secondary N) is 2. The van der Waals surface area contributed by atoms with E-state index in [2.05, 4.69) is 10.6 Å². The Kier molecular flexibility index (Phi) is 4.91. The summed E-state index contributed by atoms with van der Waals surface area (Å²) in [6.45, 7) is 0.259. The van der Waals surface area contributed by atoms with E-state index in [9.17, 15) is 9.59 Å². The molecule has 0 fully saturated rings. The summed E-state index contributed by atoms with van der Waals surface area (Å²) in [6.07, 6.45) is 1.79. The highest BCUT2D eigenvalue weighted by Gasteiger charge is 2.09.